The number of amides is 2. The van der Waals surface area contributed by atoms with Crippen molar-refractivity contribution in [2.75, 3.05) is 11.9 Å². The minimum Gasteiger partial charge on any atom is -0.493 e. The van der Waals surface area contributed by atoms with Crippen LogP contribution in [0.5, 0.6) is 5.75 Å². The number of benzene rings is 1. The molecular formula is C17H19BrN2O3S. The van der Waals surface area contributed by atoms with Crippen molar-refractivity contribution in [1.29, 1.82) is 0 Å². The van der Waals surface area contributed by atoms with Gasteiger partial charge in [0.05, 0.1) is 17.7 Å². The van der Waals surface area contributed by atoms with Crippen LogP contribution < -0.4 is 15.8 Å². The number of hydrogen-bond donors (Lipinski definition) is 2. The first-order chi connectivity index (χ1) is 11.3. The van der Waals surface area contributed by atoms with Gasteiger partial charge in [-0.25, -0.2) is 0 Å². The van der Waals surface area contributed by atoms with Crippen LogP contribution in [-0.4, -0.2) is 18.4 Å². The van der Waals surface area contributed by atoms with Gasteiger partial charge in [0.1, 0.15) is 10.8 Å². The number of primary amides is 1. The first-order valence-electron chi connectivity index (χ1n) is 7.48. The summed E-state index contributed by atoms with van der Waals surface area (Å²) in [7, 11) is 0. The average molecular weight is 411 g/mol. The van der Waals surface area contributed by atoms with E-state index in [-0.39, 0.29) is 5.91 Å². The number of aryl methyl sites for hydroxylation is 1. The molecule has 7 heteroatoms. The maximum Gasteiger partial charge on any atom is 0.260 e. The summed E-state index contributed by atoms with van der Waals surface area (Å²) in [6.07, 6.45) is 0.840. The van der Waals surface area contributed by atoms with Gasteiger partial charge in [-0.3, -0.25) is 9.59 Å². The quantitative estimate of drug-likeness (QED) is 0.745. The van der Waals surface area contributed by atoms with E-state index in [1.54, 1.807) is 12.1 Å². The fourth-order valence-corrected chi connectivity index (χ4v) is 3.62. The molecule has 0 aliphatic heterocycles. The van der Waals surface area contributed by atoms with Crippen LogP contribution in [0.2, 0.25) is 0 Å². The summed E-state index contributed by atoms with van der Waals surface area (Å²) >= 11 is 4.70. The highest BCUT2D eigenvalue weighted by Gasteiger charge is 2.21. The SMILES string of the molecule is CCCOc1ccc(Br)cc1C(=O)Nc1sc(C)c(C)c1C(N)=O. The van der Waals surface area contributed by atoms with E-state index in [4.69, 9.17) is 10.5 Å². The Balaban J connectivity index is 2.35. The summed E-state index contributed by atoms with van der Waals surface area (Å²) in [4.78, 5) is 25.3. The molecule has 5 nitrogen and oxygen atoms in total. The number of nitrogens with two attached hydrogens (primary N) is 1. The minimum absolute atomic E-state index is 0.342. The van der Waals surface area contributed by atoms with E-state index >= 15 is 0 Å². The van der Waals surface area contributed by atoms with Crippen LogP contribution in [0.3, 0.4) is 0 Å². The van der Waals surface area contributed by atoms with Crippen molar-refractivity contribution < 1.29 is 14.3 Å². The third-order valence-corrected chi connectivity index (χ3v) is 5.12. The van der Waals surface area contributed by atoms with Crippen molar-refractivity contribution in [2.45, 2.75) is 27.2 Å². The normalized spacial score (nSPS) is 10.5. The van der Waals surface area contributed by atoms with Crippen LogP contribution >= 0.6 is 27.3 Å². The molecule has 0 radical (unpaired) electrons. The lowest BCUT2D eigenvalue weighted by molar-refractivity contribution is 0.100. The van der Waals surface area contributed by atoms with Crippen molar-refractivity contribution >= 4 is 44.1 Å². The van der Waals surface area contributed by atoms with Gasteiger partial charge < -0.3 is 15.8 Å². The molecule has 0 atom stereocenters. The topological polar surface area (TPSA) is 81.4 Å². The van der Waals surface area contributed by atoms with Gasteiger partial charge in [-0.2, -0.15) is 0 Å². The highest BCUT2D eigenvalue weighted by atomic mass is 79.9. The molecular weight excluding hydrogens is 392 g/mol. The fourth-order valence-electron chi connectivity index (χ4n) is 2.20. The van der Waals surface area contributed by atoms with Crippen molar-refractivity contribution in [2.24, 2.45) is 5.73 Å². The van der Waals surface area contributed by atoms with Gasteiger partial charge in [0, 0.05) is 9.35 Å². The van der Waals surface area contributed by atoms with Gasteiger partial charge in [-0.1, -0.05) is 22.9 Å². The van der Waals surface area contributed by atoms with E-state index in [0.29, 0.717) is 28.5 Å². The Morgan fingerprint density at radius 2 is 2.04 bits per heavy atom. The molecule has 0 unspecified atom stereocenters. The lowest BCUT2D eigenvalue weighted by atomic mass is 10.1. The van der Waals surface area contributed by atoms with Crippen molar-refractivity contribution in [3.63, 3.8) is 0 Å². The van der Waals surface area contributed by atoms with Crippen LogP contribution in [0.1, 0.15) is 44.5 Å². The number of ether oxygens (including phenoxy) is 1. The molecule has 0 spiro atoms. The number of carbonyl (C=O) groups is 2. The second kappa shape index (κ2) is 7.81. The Bertz CT molecular complexity index is 786. The number of carbonyl (C=O) groups excluding carboxylic acids is 2. The van der Waals surface area contributed by atoms with E-state index in [1.165, 1.54) is 11.3 Å². The largest absolute Gasteiger partial charge is 0.493 e. The molecule has 0 aliphatic carbocycles. The molecule has 24 heavy (non-hydrogen) atoms. The fraction of sp³-hybridized carbons (Fsp3) is 0.294. The molecule has 2 amide bonds. The summed E-state index contributed by atoms with van der Waals surface area (Å²) in [6, 6.07) is 5.25. The Morgan fingerprint density at radius 3 is 2.67 bits per heavy atom. The number of rotatable bonds is 6. The molecule has 128 valence electrons. The molecule has 0 saturated carbocycles. The van der Waals surface area contributed by atoms with Crippen LogP contribution in [0.25, 0.3) is 0 Å². The predicted molar refractivity (Wildman–Crippen MR) is 100 cm³/mol. The molecule has 0 aliphatic rings. The van der Waals surface area contributed by atoms with E-state index in [2.05, 4.69) is 21.2 Å². The van der Waals surface area contributed by atoms with E-state index in [9.17, 15) is 9.59 Å². The number of thiophene rings is 1. The number of nitrogens with one attached hydrogen (secondary N) is 1. The highest BCUT2D eigenvalue weighted by Crippen LogP contribution is 2.33. The predicted octanol–water partition coefficient (Wildman–Crippen LogP) is 4.27. The van der Waals surface area contributed by atoms with Gasteiger partial charge in [0.25, 0.3) is 11.8 Å². The zero-order valence-electron chi connectivity index (χ0n) is 13.7. The first kappa shape index (κ1) is 18.5. The third-order valence-electron chi connectivity index (χ3n) is 3.51. The highest BCUT2D eigenvalue weighted by molar-refractivity contribution is 9.10. The van der Waals surface area contributed by atoms with Gasteiger partial charge in [-0.15, -0.1) is 11.3 Å². The van der Waals surface area contributed by atoms with Crippen molar-refractivity contribution in [3.8, 4) is 5.75 Å². The Morgan fingerprint density at radius 1 is 1.33 bits per heavy atom. The second-order valence-corrected chi connectivity index (χ2v) is 7.44. The van der Waals surface area contributed by atoms with E-state index in [1.807, 2.05) is 26.8 Å². The zero-order valence-corrected chi connectivity index (χ0v) is 16.1. The van der Waals surface area contributed by atoms with Crippen LogP contribution in [0.15, 0.2) is 22.7 Å². The summed E-state index contributed by atoms with van der Waals surface area (Å²) in [5.41, 5.74) is 7.00. The minimum atomic E-state index is -0.552. The molecule has 0 bridgehead atoms. The number of hydrogen-bond acceptors (Lipinski definition) is 4. The third kappa shape index (κ3) is 3.96. The maximum absolute atomic E-state index is 12.7. The summed E-state index contributed by atoms with van der Waals surface area (Å²) in [5, 5.41) is 3.25. The van der Waals surface area contributed by atoms with E-state index < -0.39 is 5.91 Å². The first-order valence-corrected chi connectivity index (χ1v) is 9.09. The van der Waals surface area contributed by atoms with Gasteiger partial charge in [-0.05, 0) is 44.0 Å². The number of halogens is 1. The summed E-state index contributed by atoms with van der Waals surface area (Å²) in [5.74, 6) is -0.391. The number of anilines is 1. The molecule has 0 saturated heterocycles. The van der Waals surface area contributed by atoms with Gasteiger partial charge in [0.15, 0.2) is 0 Å². The maximum atomic E-state index is 12.7. The zero-order chi connectivity index (χ0) is 17.9. The summed E-state index contributed by atoms with van der Waals surface area (Å²) in [6.45, 7) is 6.22. The molecule has 0 fully saturated rings. The molecule has 1 aromatic carbocycles. The lowest BCUT2D eigenvalue weighted by Gasteiger charge is -2.11. The van der Waals surface area contributed by atoms with Crippen LogP contribution in [-0.2, 0) is 0 Å². The van der Waals surface area contributed by atoms with Gasteiger partial charge >= 0.3 is 0 Å². The van der Waals surface area contributed by atoms with Crippen LogP contribution in [0, 0.1) is 13.8 Å². The monoisotopic (exact) mass is 410 g/mol. The van der Waals surface area contributed by atoms with Gasteiger partial charge in [0.2, 0.25) is 0 Å². The smallest absolute Gasteiger partial charge is 0.260 e. The standard InChI is InChI=1S/C17H19BrN2O3S/c1-4-7-23-13-6-5-11(18)8-12(13)16(22)20-17-14(15(19)21)9(2)10(3)24-17/h5-6,8H,4,7H2,1-3H3,(H2,19,21)(H,20,22). The molecule has 2 aromatic rings. The van der Waals surface area contributed by atoms with Crippen molar-refractivity contribution in [1.82, 2.24) is 0 Å². The Kier molecular flexibility index (Phi) is 6.01. The molecule has 1 aromatic heterocycles. The van der Waals surface area contributed by atoms with Crippen LogP contribution in [0.4, 0.5) is 5.00 Å². The molecule has 2 rings (SSSR count). The molecule has 3 N–H and O–H groups in total. The molecule has 1 heterocycles. The summed E-state index contributed by atoms with van der Waals surface area (Å²) < 4.78 is 6.41. The van der Waals surface area contributed by atoms with Crippen molar-refractivity contribution in [3.05, 3.63) is 44.2 Å². The van der Waals surface area contributed by atoms with E-state index in [0.717, 1.165) is 21.3 Å². The Labute approximate surface area is 153 Å². The average Bonchev–Trinajstić information content (AvgIpc) is 2.80. The Hall–Kier alpha value is -1.86. The lowest BCUT2D eigenvalue weighted by Crippen LogP contribution is -2.18. The second-order valence-electron chi connectivity index (χ2n) is 5.29.